The first kappa shape index (κ1) is 16.6. The minimum absolute atomic E-state index is 0.550. The first-order valence-corrected chi connectivity index (χ1v) is 9.66. The Kier molecular flexibility index (Phi) is 6.70. The van der Waals surface area contributed by atoms with E-state index in [2.05, 4.69) is 42.7 Å². The van der Waals surface area contributed by atoms with E-state index in [-0.39, 0.29) is 0 Å². The molecule has 1 aliphatic carbocycles. The standard InChI is InChI=1S/C17H34N2S/c1-4-18-13-17(9-7-5-6-8-10-17)14-19-11-15(2)20-16(3)12-19/h15-16,18H,4-14H2,1-3H3. The maximum atomic E-state index is 3.67. The van der Waals surface area contributed by atoms with Gasteiger partial charge in [-0.2, -0.15) is 11.8 Å². The zero-order chi connectivity index (χ0) is 14.4. The van der Waals surface area contributed by atoms with Crippen LogP contribution < -0.4 is 5.32 Å². The first-order chi connectivity index (χ1) is 9.63. The highest BCUT2D eigenvalue weighted by molar-refractivity contribution is 8.00. The summed E-state index contributed by atoms with van der Waals surface area (Å²) >= 11 is 2.17. The molecular formula is C17H34N2S. The Morgan fingerprint density at radius 2 is 1.65 bits per heavy atom. The van der Waals surface area contributed by atoms with Gasteiger partial charge in [-0.05, 0) is 24.8 Å². The molecule has 0 bridgehead atoms. The maximum absolute atomic E-state index is 3.67. The Balaban J connectivity index is 1.98. The van der Waals surface area contributed by atoms with Crippen LogP contribution in [0.4, 0.5) is 0 Å². The molecule has 1 aliphatic heterocycles. The van der Waals surface area contributed by atoms with Crippen LogP contribution in [-0.4, -0.2) is 48.1 Å². The van der Waals surface area contributed by atoms with Gasteiger partial charge in [0.1, 0.15) is 0 Å². The molecule has 0 aromatic rings. The normalized spacial score (nSPS) is 31.9. The van der Waals surface area contributed by atoms with E-state index in [9.17, 15) is 0 Å². The molecule has 2 aliphatic rings. The van der Waals surface area contributed by atoms with Crippen molar-refractivity contribution in [2.75, 3.05) is 32.7 Å². The van der Waals surface area contributed by atoms with Crippen molar-refractivity contribution >= 4 is 11.8 Å². The number of thioether (sulfide) groups is 1. The molecule has 3 heteroatoms. The van der Waals surface area contributed by atoms with E-state index in [1.165, 1.54) is 64.7 Å². The van der Waals surface area contributed by atoms with Crippen molar-refractivity contribution in [1.29, 1.82) is 0 Å². The summed E-state index contributed by atoms with van der Waals surface area (Å²) in [7, 11) is 0. The molecule has 1 saturated carbocycles. The number of nitrogens with one attached hydrogen (secondary N) is 1. The van der Waals surface area contributed by atoms with Gasteiger partial charge in [-0.25, -0.2) is 0 Å². The van der Waals surface area contributed by atoms with E-state index < -0.39 is 0 Å². The molecule has 0 radical (unpaired) electrons. The summed E-state index contributed by atoms with van der Waals surface area (Å²) in [5, 5.41) is 5.28. The van der Waals surface area contributed by atoms with E-state index in [1.807, 2.05) is 0 Å². The van der Waals surface area contributed by atoms with Gasteiger partial charge in [0, 0.05) is 36.7 Å². The Morgan fingerprint density at radius 3 is 2.20 bits per heavy atom. The maximum Gasteiger partial charge on any atom is 0.0149 e. The first-order valence-electron chi connectivity index (χ1n) is 8.72. The predicted molar refractivity (Wildman–Crippen MR) is 91.6 cm³/mol. The van der Waals surface area contributed by atoms with E-state index in [0.29, 0.717) is 5.41 Å². The summed E-state index contributed by atoms with van der Waals surface area (Å²) in [5.41, 5.74) is 0.550. The van der Waals surface area contributed by atoms with E-state index >= 15 is 0 Å². The van der Waals surface area contributed by atoms with Crippen molar-refractivity contribution in [1.82, 2.24) is 10.2 Å². The molecule has 20 heavy (non-hydrogen) atoms. The molecule has 2 atom stereocenters. The summed E-state index contributed by atoms with van der Waals surface area (Å²) in [5.74, 6) is 0. The second-order valence-corrected chi connectivity index (χ2v) is 9.03. The highest BCUT2D eigenvalue weighted by atomic mass is 32.2. The molecule has 2 unspecified atom stereocenters. The monoisotopic (exact) mass is 298 g/mol. The predicted octanol–water partition coefficient (Wildman–Crippen LogP) is 3.76. The van der Waals surface area contributed by atoms with Gasteiger partial charge in [0.2, 0.25) is 0 Å². The lowest BCUT2D eigenvalue weighted by molar-refractivity contribution is 0.126. The lowest BCUT2D eigenvalue weighted by Crippen LogP contribution is -2.49. The number of hydrogen-bond acceptors (Lipinski definition) is 3. The summed E-state index contributed by atoms with van der Waals surface area (Å²) in [6.45, 7) is 13.3. The second kappa shape index (κ2) is 8.05. The van der Waals surface area contributed by atoms with Gasteiger partial charge in [-0.1, -0.05) is 46.5 Å². The van der Waals surface area contributed by atoms with Gasteiger partial charge >= 0.3 is 0 Å². The number of nitrogens with zero attached hydrogens (tertiary/aromatic N) is 1. The lowest BCUT2D eigenvalue weighted by atomic mass is 9.79. The molecule has 0 aromatic heterocycles. The van der Waals surface area contributed by atoms with E-state index in [4.69, 9.17) is 0 Å². The Hall–Kier alpha value is 0.270. The highest BCUT2D eigenvalue weighted by Crippen LogP contribution is 2.37. The molecule has 1 heterocycles. The topological polar surface area (TPSA) is 15.3 Å². The summed E-state index contributed by atoms with van der Waals surface area (Å²) < 4.78 is 0. The fraction of sp³-hybridized carbons (Fsp3) is 1.00. The van der Waals surface area contributed by atoms with Crippen LogP contribution >= 0.6 is 11.8 Å². The van der Waals surface area contributed by atoms with Gasteiger partial charge in [0.15, 0.2) is 0 Å². The van der Waals surface area contributed by atoms with Gasteiger partial charge < -0.3 is 10.2 Å². The third-order valence-corrected chi connectivity index (χ3v) is 6.20. The second-order valence-electron chi connectivity index (χ2n) is 7.15. The average molecular weight is 299 g/mol. The van der Waals surface area contributed by atoms with Crippen molar-refractivity contribution in [3.8, 4) is 0 Å². The largest absolute Gasteiger partial charge is 0.316 e. The third kappa shape index (κ3) is 4.92. The molecule has 1 saturated heterocycles. The zero-order valence-electron chi connectivity index (χ0n) is 13.8. The van der Waals surface area contributed by atoms with Crippen molar-refractivity contribution in [2.24, 2.45) is 5.41 Å². The van der Waals surface area contributed by atoms with Crippen molar-refractivity contribution < 1.29 is 0 Å². The average Bonchev–Trinajstić information content (AvgIpc) is 2.61. The number of rotatable bonds is 5. The summed E-state index contributed by atoms with van der Waals surface area (Å²) in [4.78, 5) is 2.77. The van der Waals surface area contributed by atoms with Crippen LogP contribution in [0.25, 0.3) is 0 Å². The van der Waals surface area contributed by atoms with Crippen LogP contribution in [-0.2, 0) is 0 Å². The molecule has 118 valence electrons. The highest BCUT2D eigenvalue weighted by Gasteiger charge is 2.34. The minimum atomic E-state index is 0.550. The van der Waals surface area contributed by atoms with Crippen molar-refractivity contribution in [3.63, 3.8) is 0 Å². The smallest absolute Gasteiger partial charge is 0.0149 e. The molecule has 2 rings (SSSR count). The van der Waals surface area contributed by atoms with Crippen LogP contribution in [0.3, 0.4) is 0 Å². The van der Waals surface area contributed by atoms with Gasteiger partial charge in [-0.15, -0.1) is 0 Å². The SMILES string of the molecule is CCNCC1(CN2CC(C)SC(C)C2)CCCCCC1. The van der Waals surface area contributed by atoms with E-state index in [1.54, 1.807) is 0 Å². The Labute approximate surface area is 130 Å². The zero-order valence-corrected chi connectivity index (χ0v) is 14.6. The fourth-order valence-electron chi connectivity index (χ4n) is 4.15. The summed E-state index contributed by atoms with van der Waals surface area (Å²) in [6, 6.07) is 0. The van der Waals surface area contributed by atoms with Crippen LogP contribution in [0.15, 0.2) is 0 Å². The fourth-order valence-corrected chi connectivity index (χ4v) is 5.53. The quantitative estimate of drug-likeness (QED) is 0.778. The number of hydrogen-bond donors (Lipinski definition) is 1. The van der Waals surface area contributed by atoms with Gasteiger partial charge in [0.05, 0.1) is 0 Å². The van der Waals surface area contributed by atoms with Crippen LogP contribution in [0.2, 0.25) is 0 Å². The van der Waals surface area contributed by atoms with Gasteiger partial charge in [-0.3, -0.25) is 0 Å². The van der Waals surface area contributed by atoms with Crippen LogP contribution in [0, 0.1) is 5.41 Å². The molecule has 2 nitrogen and oxygen atoms in total. The third-order valence-electron chi connectivity index (χ3n) is 4.97. The van der Waals surface area contributed by atoms with Crippen LogP contribution in [0.1, 0.15) is 59.3 Å². The molecule has 0 amide bonds. The molecular weight excluding hydrogens is 264 g/mol. The molecule has 0 aromatic carbocycles. The summed E-state index contributed by atoms with van der Waals surface area (Å²) in [6.07, 6.45) is 8.67. The Bertz CT molecular complexity index is 264. The van der Waals surface area contributed by atoms with Crippen molar-refractivity contribution in [2.45, 2.75) is 69.8 Å². The Morgan fingerprint density at radius 1 is 1.05 bits per heavy atom. The molecule has 0 spiro atoms. The van der Waals surface area contributed by atoms with Gasteiger partial charge in [0.25, 0.3) is 0 Å². The molecule has 1 N–H and O–H groups in total. The minimum Gasteiger partial charge on any atom is -0.316 e. The molecule has 2 fully saturated rings. The van der Waals surface area contributed by atoms with Crippen LogP contribution in [0.5, 0.6) is 0 Å². The van der Waals surface area contributed by atoms with Crippen molar-refractivity contribution in [3.05, 3.63) is 0 Å². The lowest BCUT2D eigenvalue weighted by Gasteiger charge is -2.42. The van der Waals surface area contributed by atoms with E-state index in [0.717, 1.165) is 17.0 Å².